The average molecular weight is 288 g/mol. The molecule has 0 radical (unpaired) electrons. The van der Waals surface area contributed by atoms with Gasteiger partial charge in [0.15, 0.2) is 0 Å². The summed E-state index contributed by atoms with van der Waals surface area (Å²) in [5.41, 5.74) is 4.02. The zero-order valence-corrected chi connectivity index (χ0v) is 13.4. The number of anilines is 1. The summed E-state index contributed by atoms with van der Waals surface area (Å²) < 4.78 is 0. The summed E-state index contributed by atoms with van der Waals surface area (Å²) in [6.07, 6.45) is 1.12. The van der Waals surface area contributed by atoms with Gasteiger partial charge in [-0.05, 0) is 53.1 Å². The highest BCUT2D eigenvalue weighted by atomic mass is 32.1. The van der Waals surface area contributed by atoms with E-state index in [1.54, 1.807) is 11.3 Å². The maximum absolute atomic E-state index is 3.52. The van der Waals surface area contributed by atoms with E-state index in [9.17, 15) is 0 Å². The maximum Gasteiger partial charge on any atom is 0.0434 e. The number of hydrogen-bond donors (Lipinski definition) is 1. The van der Waals surface area contributed by atoms with E-state index in [4.69, 9.17) is 0 Å². The van der Waals surface area contributed by atoms with E-state index in [1.807, 2.05) is 0 Å². The zero-order valence-electron chi connectivity index (χ0n) is 12.6. The molecule has 0 saturated carbocycles. The fourth-order valence-corrected chi connectivity index (χ4v) is 3.11. The lowest BCUT2D eigenvalue weighted by atomic mass is 10.0. The van der Waals surface area contributed by atoms with Crippen LogP contribution in [0, 0.1) is 0 Å². The minimum atomic E-state index is 0.469. The summed E-state index contributed by atoms with van der Waals surface area (Å²) in [5.74, 6) is 0. The first kappa shape index (κ1) is 15.1. The molecule has 0 amide bonds. The number of rotatable bonds is 7. The molecule has 1 N–H and O–H groups in total. The average Bonchev–Trinajstić information content (AvgIpc) is 2.98. The van der Waals surface area contributed by atoms with Crippen molar-refractivity contribution < 1.29 is 0 Å². The van der Waals surface area contributed by atoms with Crippen molar-refractivity contribution in [1.82, 2.24) is 5.32 Å². The van der Waals surface area contributed by atoms with Gasteiger partial charge >= 0.3 is 0 Å². The third kappa shape index (κ3) is 3.84. The van der Waals surface area contributed by atoms with Crippen LogP contribution in [-0.2, 0) is 6.54 Å². The minimum absolute atomic E-state index is 0.469. The van der Waals surface area contributed by atoms with Crippen LogP contribution in [0.3, 0.4) is 0 Å². The quantitative estimate of drug-likeness (QED) is 0.810. The van der Waals surface area contributed by atoms with Crippen LogP contribution in [-0.4, -0.2) is 13.6 Å². The van der Waals surface area contributed by atoms with Gasteiger partial charge in [-0.1, -0.05) is 26.0 Å². The number of nitrogens with one attached hydrogen (secondary N) is 1. The van der Waals surface area contributed by atoms with Gasteiger partial charge in [0.1, 0.15) is 0 Å². The monoisotopic (exact) mass is 288 g/mol. The van der Waals surface area contributed by atoms with Gasteiger partial charge in [0.05, 0.1) is 0 Å². The molecule has 0 aliphatic heterocycles. The van der Waals surface area contributed by atoms with Gasteiger partial charge in [-0.3, -0.25) is 0 Å². The summed E-state index contributed by atoms with van der Waals surface area (Å²) in [7, 11) is 2.15. The molecule has 0 aliphatic rings. The van der Waals surface area contributed by atoms with Crippen LogP contribution in [0.1, 0.15) is 37.4 Å². The van der Waals surface area contributed by atoms with Crippen LogP contribution in [0.2, 0.25) is 0 Å². The topological polar surface area (TPSA) is 15.3 Å². The third-order valence-electron chi connectivity index (χ3n) is 3.59. The fourth-order valence-electron chi connectivity index (χ4n) is 2.45. The van der Waals surface area contributed by atoms with Crippen molar-refractivity contribution in [2.75, 3.05) is 18.5 Å². The van der Waals surface area contributed by atoms with Gasteiger partial charge in [-0.2, -0.15) is 11.3 Å². The Balaban J connectivity index is 2.03. The van der Waals surface area contributed by atoms with Crippen molar-refractivity contribution in [2.45, 2.75) is 32.9 Å². The lowest BCUT2D eigenvalue weighted by Crippen LogP contribution is -2.20. The SMILES string of the molecule is CCNC(CC)c1ccc(N(C)Cc2ccsc2)cc1. The molecule has 20 heavy (non-hydrogen) atoms. The van der Waals surface area contributed by atoms with Crippen molar-refractivity contribution in [3.8, 4) is 0 Å². The summed E-state index contributed by atoms with van der Waals surface area (Å²) in [6, 6.07) is 11.6. The van der Waals surface area contributed by atoms with Crippen molar-refractivity contribution in [3.05, 3.63) is 52.2 Å². The first-order valence-electron chi connectivity index (χ1n) is 7.30. The number of benzene rings is 1. The second kappa shape index (κ2) is 7.46. The maximum atomic E-state index is 3.52. The summed E-state index contributed by atoms with van der Waals surface area (Å²) >= 11 is 1.76. The van der Waals surface area contributed by atoms with Crippen molar-refractivity contribution in [2.24, 2.45) is 0 Å². The van der Waals surface area contributed by atoms with Crippen LogP contribution in [0.5, 0.6) is 0 Å². The Labute approximate surface area is 126 Å². The molecular weight excluding hydrogens is 264 g/mol. The predicted molar refractivity (Wildman–Crippen MR) is 89.6 cm³/mol. The molecule has 0 aliphatic carbocycles. The molecular formula is C17H24N2S. The molecule has 0 saturated heterocycles. The molecule has 0 bridgehead atoms. The number of nitrogens with zero attached hydrogens (tertiary/aromatic N) is 1. The van der Waals surface area contributed by atoms with Crippen LogP contribution >= 0.6 is 11.3 Å². The highest BCUT2D eigenvalue weighted by Gasteiger charge is 2.08. The Morgan fingerprint density at radius 1 is 1.15 bits per heavy atom. The van der Waals surface area contributed by atoms with Crippen LogP contribution in [0.15, 0.2) is 41.1 Å². The third-order valence-corrected chi connectivity index (χ3v) is 4.33. The first-order valence-corrected chi connectivity index (χ1v) is 8.24. The van der Waals surface area contributed by atoms with E-state index in [-0.39, 0.29) is 0 Å². The fraction of sp³-hybridized carbons (Fsp3) is 0.412. The van der Waals surface area contributed by atoms with Crippen LogP contribution in [0.4, 0.5) is 5.69 Å². The smallest absolute Gasteiger partial charge is 0.0434 e. The highest BCUT2D eigenvalue weighted by Crippen LogP contribution is 2.22. The van der Waals surface area contributed by atoms with Gasteiger partial charge in [-0.15, -0.1) is 0 Å². The number of hydrogen-bond acceptors (Lipinski definition) is 3. The van der Waals surface area contributed by atoms with Crippen molar-refractivity contribution in [1.29, 1.82) is 0 Å². The lowest BCUT2D eigenvalue weighted by Gasteiger charge is -2.21. The largest absolute Gasteiger partial charge is 0.370 e. The van der Waals surface area contributed by atoms with E-state index in [0.717, 1.165) is 19.5 Å². The molecule has 2 rings (SSSR count). The summed E-state index contributed by atoms with van der Waals surface area (Å²) in [6.45, 7) is 6.36. The molecule has 2 nitrogen and oxygen atoms in total. The van der Waals surface area contributed by atoms with E-state index < -0.39 is 0 Å². The summed E-state index contributed by atoms with van der Waals surface area (Å²) in [5, 5.41) is 7.87. The van der Waals surface area contributed by atoms with Crippen LogP contribution in [0.25, 0.3) is 0 Å². The van der Waals surface area contributed by atoms with Crippen LogP contribution < -0.4 is 10.2 Å². The molecule has 1 aromatic heterocycles. The Bertz CT molecular complexity index is 490. The zero-order chi connectivity index (χ0) is 14.4. The van der Waals surface area contributed by atoms with E-state index in [0.29, 0.717) is 6.04 Å². The van der Waals surface area contributed by atoms with Gasteiger partial charge < -0.3 is 10.2 Å². The Morgan fingerprint density at radius 3 is 2.45 bits per heavy atom. The Morgan fingerprint density at radius 2 is 1.90 bits per heavy atom. The molecule has 1 unspecified atom stereocenters. The van der Waals surface area contributed by atoms with E-state index in [2.05, 4.69) is 72.2 Å². The molecule has 2 aromatic rings. The normalized spacial score (nSPS) is 12.3. The standard InChI is InChI=1S/C17H24N2S/c1-4-17(18-5-2)15-6-8-16(9-7-15)19(3)12-14-10-11-20-13-14/h6-11,13,17-18H,4-5,12H2,1-3H3. The second-order valence-electron chi connectivity index (χ2n) is 5.10. The Kier molecular flexibility index (Phi) is 5.62. The lowest BCUT2D eigenvalue weighted by molar-refractivity contribution is 0.537. The molecule has 108 valence electrons. The molecule has 3 heteroatoms. The van der Waals surface area contributed by atoms with Gasteiger partial charge in [0, 0.05) is 25.3 Å². The van der Waals surface area contributed by atoms with E-state index >= 15 is 0 Å². The molecule has 1 atom stereocenters. The highest BCUT2D eigenvalue weighted by molar-refractivity contribution is 7.07. The van der Waals surface area contributed by atoms with Gasteiger partial charge in [-0.25, -0.2) is 0 Å². The Hall–Kier alpha value is -1.32. The first-order chi connectivity index (χ1) is 9.74. The molecule has 0 spiro atoms. The van der Waals surface area contributed by atoms with E-state index in [1.165, 1.54) is 16.8 Å². The van der Waals surface area contributed by atoms with Crippen molar-refractivity contribution >= 4 is 17.0 Å². The molecule has 1 aromatic carbocycles. The van der Waals surface area contributed by atoms with Gasteiger partial charge in [0.2, 0.25) is 0 Å². The molecule has 1 heterocycles. The van der Waals surface area contributed by atoms with Gasteiger partial charge in [0.25, 0.3) is 0 Å². The second-order valence-corrected chi connectivity index (χ2v) is 5.88. The minimum Gasteiger partial charge on any atom is -0.370 e. The molecule has 0 fully saturated rings. The van der Waals surface area contributed by atoms with Crippen molar-refractivity contribution in [3.63, 3.8) is 0 Å². The summed E-state index contributed by atoms with van der Waals surface area (Å²) in [4.78, 5) is 2.29. The predicted octanol–water partition coefficient (Wildman–Crippen LogP) is 4.45. The number of thiophene rings is 1.